The number of nitrogens with zero attached hydrogens (tertiary/aromatic N) is 1. The highest BCUT2D eigenvalue weighted by atomic mass is 32.2. The van der Waals surface area contributed by atoms with Crippen LogP contribution in [0.3, 0.4) is 0 Å². The highest BCUT2D eigenvalue weighted by molar-refractivity contribution is 8.13. The smallest absolute Gasteiger partial charge is 0.288 e. The Morgan fingerprint density at radius 1 is 1.53 bits per heavy atom. The summed E-state index contributed by atoms with van der Waals surface area (Å²) < 4.78 is 5.26. The molecule has 7 nitrogen and oxygen atoms in total. The van der Waals surface area contributed by atoms with Crippen molar-refractivity contribution in [2.75, 3.05) is 12.4 Å². The van der Waals surface area contributed by atoms with Gasteiger partial charge in [0.25, 0.3) is 5.24 Å². The summed E-state index contributed by atoms with van der Waals surface area (Å²) in [5, 5.41) is 28.1. The molecule has 1 fully saturated rings. The Bertz CT molecular complexity index is 425. The molecule has 8 heteroatoms. The predicted molar refractivity (Wildman–Crippen MR) is 66.2 cm³/mol. The molecule has 0 spiro atoms. The summed E-state index contributed by atoms with van der Waals surface area (Å²) in [6, 6.07) is 0. The van der Waals surface area contributed by atoms with E-state index in [2.05, 4.69) is 0 Å². The zero-order chi connectivity index (χ0) is 14.2. The van der Waals surface area contributed by atoms with Gasteiger partial charge in [0.05, 0.1) is 6.61 Å². The van der Waals surface area contributed by atoms with E-state index in [4.69, 9.17) is 9.84 Å². The summed E-state index contributed by atoms with van der Waals surface area (Å²) in [7, 11) is 0. The number of carbonyl (C=O) groups is 2. The maximum absolute atomic E-state index is 11.8. The number of ether oxygens (including phenoxy) is 1. The molecule has 2 aliphatic rings. The molecule has 0 bridgehead atoms. The van der Waals surface area contributed by atoms with Crippen molar-refractivity contribution in [3.63, 3.8) is 0 Å². The van der Waals surface area contributed by atoms with Crippen LogP contribution in [-0.4, -0.2) is 68.1 Å². The molecule has 0 aliphatic carbocycles. The van der Waals surface area contributed by atoms with Crippen LogP contribution in [0.1, 0.15) is 6.92 Å². The van der Waals surface area contributed by atoms with E-state index < -0.39 is 31.1 Å². The number of Topliss-reactive ketones (excluding diaryl/α,β-unsaturated/α-hetero) is 1. The average molecular weight is 289 g/mol. The molecule has 2 heterocycles. The Morgan fingerprint density at radius 3 is 2.74 bits per heavy atom. The number of carbonyl (C=O) groups excluding carboxylic acids is 2. The largest absolute Gasteiger partial charge is 0.394 e. The zero-order valence-corrected chi connectivity index (χ0v) is 11.0. The number of aliphatic hydroxyl groups excluding tert-OH is 3. The molecule has 19 heavy (non-hydrogen) atoms. The minimum absolute atomic E-state index is 0.170. The van der Waals surface area contributed by atoms with Gasteiger partial charge in [0.15, 0.2) is 12.0 Å². The van der Waals surface area contributed by atoms with Crippen LogP contribution in [0.4, 0.5) is 4.79 Å². The monoisotopic (exact) mass is 289 g/mol. The van der Waals surface area contributed by atoms with E-state index in [1.54, 1.807) is 0 Å². The molecule has 106 valence electrons. The van der Waals surface area contributed by atoms with Gasteiger partial charge in [-0.25, -0.2) is 0 Å². The van der Waals surface area contributed by atoms with Crippen molar-refractivity contribution in [3.05, 3.63) is 11.8 Å². The number of hydrogen-bond donors (Lipinski definition) is 3. The molecule has 0 saturated carbocycles. The topological polar surface area (TPSA) is 107 Å². The second-order valence-electron chi connectivity index (χ2n) is 4.40. The van der Waals surface area contributed by atoms with Crippen molar-refractivity contribution < 1.29 is 29.6 Å². The highest BCUT2D eigenvalue weighted by Crippen LogP contribution is 2.30. The van der Waals surface area contributed by atoms with Gasteiger partial charge in [-0.2, -0.15) is 0 Å². The third kappa shape index (κ3) is 2.67. The lowest BCUT2D eigenvalue weighted by atomic mass is 10.1. The molecule has 2 aliphatic heterocycles. The van der Waals surface area contributed by atoms with Crippen LogP contribution in [0.15, 0.2) is 11.8 Å². The SMILES string of the molecule is CC(=O)C1=CN([C@@H]2O[C@H](CO)[C@@H](O)[C@H]2O)C(=O)SC1. The zero-order valence-electron chi connectivity index (χ0n) is 10.2. The van der Waals surface area contributed by atoms with Gasteiger partial charge >= 0.3 is 0 Å². The first kappa shape index (κ1) is 14.5. The van der Waals surface area contributed by atoms with Crippen LogP contribution in [0.25, 0.3) is 0 Å². The van der Waals surface area contributed by atoms with Gasteiger partial charge in [0.2, 0.25) is 0 Å². The fourth-order valence-corrected chi connectivity index (χ4v) is 2.81. The Balaban J connectivity index is 2.22. The normalized spacial score (nSPS) is 35.5. The summed E-state index contributed by atoms with van der Waals surface area (Å²) >= 11 is 0.924. The Labute approximate surface area is 113 Å². The number of rotatable bonds is 3. The number of thioether (sulfide) groups is 1. The first-order valence-corrected chi connectivity index (χ1v) is 6.73. The third-order valence-corrected chi connectivity index (χ3v) is 4.01. The summed E-state index contributed by atoms with van der Waals surface area (Å²) in [4.78, 5) is 24.2. The van der Waals surface area contributed by atoms with Crippen molar-refractivity contribution in [3.8, 4) is 0 Å². The van der Waals surface area contributed by atoms with Crippen molar-refractivity contribution >= 4 is 22.8 Å². The Hall–Kier alpha value is -0.930. The van der Waals surface area contributed by atoms with Gasteiger partial charge in [0.1, 0.15) is 18.3 Å². The van der Waals surface area contributed by atoms with E-state index >= 15 is 0 Å². The quantitative estimate of drug-likeness (QED) is 0.616. The number of ketones is 1. The van der Waals surface area contributed by atoms with Crippen LogP contribution in [-0.2, 0) is 9.53 Å². The second-order valence-corrected chi connectivity index (χ2v) is 5.33. The van der Waals surface area contributed by atoms with E-state index in [1.807, 2.05) is 0 Å². The molecule has 0 unspecified atom stereocenters. The van der Waals surface area contributed by atoms with Crippen LogP contribution < -0.4 is 0 Å². The van der Waals surface area contributed by atoms with Gasteiger partial charge in [-0.15, -0.1) is 0 Å². The van der Waals surface area contributed by atoms with Crippen LogP contribution in [0.2, 0.25) is 0 Å². The lowest BCUT2D eigenvalue weighted by molar-refractivity contribution is -0.113. The summed E-state index contributed by atoms with van der Waals surface area (Å²) in [6.07, 6.45) is -3.31. The number of amides is 1. The van der Waals surface area contributed by atoms with E-state index in [9.17, 15) is 19.8 Å². The van der Waals surface area contributed by atoms with Gasteiger partial charge in [-0.1, -0.05) is 11.8 Å². The molecule has 3 N–H and O–H groups in total. The van der Waals surface area contributed by atoms with Gasteiger partial charge in [0, 0.05) is 17.5 Å². The van der Waals surface area contributed by atoms with E-state index in [-0.39, 0.29) is 16.8 Å². The minimum Gasteiger partial charge on any atom is -0.394 e. The van der Waals surface area contributed by atoms with Crippen LogP contribution in [0, 0.1) is 0 Å². The maximum atomic E-state index is 11.8. The number of hydrogen-bond acceptors (Lipinski definition) is 7. The lowest BCUT2D eigenvalue weighted by Gasteiger charge is -2.30. The Kier molecular flexibility index (Phi) is 4.26. The molecule has 0 aromatic carbocycles. The van der Waals surface area contributed by atoms with Gasteiger partial charge in [-0.3, -0.25) is 14.5 Å². The standard InChI is InChI=1S/C11H15NO6S/c1-5(14)6-2-12(11(17)19-4-6)10-9(16)8(15)7(3-13)18-10/h2,7-10,13,15-16H,3-4H2,1H3/t7-,8-,9-,10-/m1/s1. The molecule has 0 radical (unpaired) electrons. The first-order valence-electron chi connectivity index (χ1n) is 5.75. The molecule has 2 rings (SSSR count). The fraction of sp³-hybridized carbons (Fsp3) is 0.636. The van der Waals surface area contributed by atoms with E-state index in [0.717, 1.165) is 16.7 Å². The van der Waals surface area contributed by atoms with Crippen molar-refractivity contribution in [1.29, 1.82) is 0 Å². The molecule has 1 amide bonds. The van der Waals surface area contributed by atoms with Crippen molar-refractivity contribution in [2.24, 2.45) is 0 Å². The van der Waals surface area contributed by atoms with E-state index in [1.165, 1.54) is 13.1 Å². The summed E-state index contributed by atoms with van der Waals surface area (Å²) in [6.45, 7) is 0.921. The molecule has 0 aromatic rings. The molecule has 4 atom stereocenters. The van der Waals surface area contributed by atoms with Gasteiger partial charge < -0.3 is 20.1 Å². The van der Waals surface area contributed by atoms with E-state index in [0.29, 0.717) is 5.57 Å². The second kappa shape index (κ2) is 5.59. The lowest BCUT2D eigenvalue weighted by Crippen LogP contribution is -2.44. The minimum atomic E-state index is -1.33. The van der Waals surface area contributed by atoms with Crippen molar-refractivity contribution in [2.45, 2.75) is 31.5 Å². The molecular formula is C11H15NO6S. The summed E-state index contributed by atoms with van der Waals surface area (Å²) in [5.74, 6) is 0.108. The Morgan fingerprint density at radius 2 is 2.21 bits per heavy atom. The van der Waals surface area contributed by atoms with Crippen LogP contribution in [0.5, 0.6) is 0 Å². The fourth-order valence-electron chi connectivity index (χ4n) is 1.95. The average Bonchev–Trinajstić information content (AvgIpc) is 2.66. The molecular weight excluding hydrogens is 274 g/mol. The first-order chi connectivity index (χ1) is 8.95. The highest BCUT2D eigenvalue weighted by Gasteiger charge is 2.47. The maximum Gasteiger partial charge on any atom is 0.288 e. The summed E-state index contributed by atoms with van der Waals surface area (Å²) in [5.41, 5.74) is 0.433. The number of aliphatic hydroxyl groups is 3. The van der Waals surface area contributed by atoms with Gasteiger partial charge in [-0.05, 0) is 6.92 Å². The van der Waals surface area contributed by atoms with Crippen LogP contribution >= 0.6 is 11.8 Å². The third-order valence-electron chi connectivity index (χ3n) is 3.10. The predicted octanol–water partition coefficient (Wildman–Crippen LogP) is -0.933. The van der Waals surface area contributed by atoms with Crippen molar-refractivity contribution in [1.82, 2.24) is 4.90 Å². The molecule has 1 saturated heterocycles. The molecule has 0 aromatic heterocycles.